The Morgan fingerprint density at radius 2 is 2.35 bits per heavy atom. The van der Waals surface area contributed by atoms with Gasteiger partial charge in [0.25, 0.3) is 0 Å². The van der Waals surface area contributed by atoms with Crippen LogP contribution in [0.15, 0.2) is 24.2 Å². The van der Waals surface area contributed by atoms with Crippen molar-refractivity contribution in [3.05, 3.63) is 34.3 Å². The van der Waals surface area contributed by atoms with Crippen molar-refractivity contribution in [3.8, 4) is 0 Å². The monoisotopic (exact) mass is 278 g/mol. The summed E-state index contributed by atoms with van der Waals surface area (Å²) in [4.78, 5) is 25.2. The zero-order valence-corrected chi connectivity index (χ0v) is 11.2. The van der Waals surface area contributed by atoms with Gasteiger partial charge in [-0.05, 0) is 42.0 Å². The van der Waals surface area contributed by atoms with Crippen LogP contribution in [0.3, 0.4) is 0 Å². The summed E-state index contributed by atoms with van der Waals surface area (Å²) in [5, 5.41) is 13.3. The molecule has 1 aromatic heterocycles. The second-order valence-electron chi connectivity index (χ2n) is 4.87. The number of hydrogen-bond donors (Lipinski definition) is 1. The predicted octanol–water partition coefficient (Wildman–Crippen LogP) is 1.80. The molecule has 1 aliphatic rings. The first-order valence-electron chi connectivity index (χ1n) is 6.76. The second kappa shape index (κ2) is 6.83. The fourth-order valence-corrected chi connectivity index (χ4v) is 2.24. The van der Waals surface area contributed by atoms with Gasteiger partial charge >= 0.3 is 5.82 Å². The van der Waals surface area contributed by atoms with Gasteiger partial charge in [0, 0.05) is 6.54 Å². The van der Waals surface area contributed by atoms with E-state index in [1.54, 1.807) is 0 Å². The maximum atomic E-state index is 11.7. The average Bonchev–Trinajstić information content (AvgIpc) is 2.88. The molecule has 0 bridgehead atoms. The van der Waals surface area contributed by atoms with Crippen molar-refractivity contribution in [1.29, 1.82) is 0 Å². The molecule has 1 aromatic rings. The highest BCUT2D eigenvalue weighted by Crippen LogP contribution is 2.19. The molecule has 1 heterocycles. The Kier molecular flexibility index (Phi) is 4.86. The first-order chi connectivity index (χ1) is 9.65. The molecule has 1 amide bonds. The van der Waals surface area contributed by atoms with Gasteiger partial charge in [-0.1, -0.05) is 11.6 Å². The quantitative estimate of drug-likeness (QED) is 0.488. The Labute approximate surface area is 116 Å². The van der Waals surface area contributed by atoms with Gasteiger partial charge in [-0.25, -0.2) is 0 Å². The van der Waals surface area contributed by atoms with E-state index in [0.717, 1.165) is 19.3 Å². The molecule has 0 radical (unpaired) electrons. The van der Waals surface area contributed by atoms with Crippen molar-refractivity contribution in [2.45, 2.75) is 38.6 Å². The van der Waals surface area contributed by atoms with E-state index in [9.17, 15) is 14.9 Å². The lowest BCUT2D eigenvalue weighted by Gasteiger charge is -2.12. The average molecular weight is 278 g/mol. The Hall–Kier alpha value is -2.18. The van der Waals surface area contributed by atoms with Crippen LogP contribution in [0.1, 0.15) is 32.1 Å². The van der Waals surface area contributed by atoms with E-state index < -0.39 is 4.92 Å². The minimum absolute atomic E-state index is 0.0554. The number of amides is 1. The Morgan fingerprint density at radius 1 is 1.50 bits per heavy atom. The van der Waals surface area contributed by atoms with E-state index in [0.29, 0.717) is 6.54 Å². The molecule has 7 heteroatoms. The van der Waals surface area contributed by atoms with Crippen LogP contribution in [-0.2, 0) is 11.3 Å². The lowest BCUT2D eigenvalue weighted by Crippen LogP contribution is -2.28. The molecule has 1 N–H and O–H groups in total. The molecule has 0 aromatic carbocycles. The summed E-state index contributed by atoms with van der Waals surface area (Å²) in [5.41, 5.74) is 1.41. The van der Waals surface area contributed by atoms with Crippen LogP contribution >= 0.6 is 0 Å². The zero-order chi connectivity index (χ0) is 14.4. The van der Waals surface area contributed by atoms with Crippen LogP contribution in [0.4, 0.5) is 5.82 Å². The van der Waals surface area contributed by atoms with Gasteiger partial charge in [-0.2, -0.15) is 0 Å². The van der Waals surface area contributed by atoms with Crippen molar-refractivity contribution in [2.24, 2.45) is 0 Å². The smallest absolute Gasteiger partial charge is 0.358 e. The van der Waals surface area contributed by atoms with E-state index in [1.165, 1.54) is 35.5 Å². The number of carbonyl (C=O) groups is 1. The summed E-state index contributed by atoms with van der Waals surface area (Å²) < 4.78 is 1.41. The van der Waals surface area contributed by atoms with E-state index in [-0.39, 0.29) is 18.3 Å². The van der Waals surface area contributed by atoms with Gasteiger partial charge in [0.1, 0.15) is 12.7 Å². The lowest BCUT2D eigenvalue weighted by molar-refractivity contribution is -0.389. The van der Waals surface area contributed by atoms with Crippen LogP contribution < -0.4 is 5.32 Å². The van der Waals surface area contributed by atoms with E-state index in [4.69, 9.17) is 0 Å². The third-order valence-electron chi connectivity index (χ3n) is 3.29. The Bertz CT molecular complexity index is 521. The molecule has 0 atom stereocenters. The van der Waals surface area contributed by atoms with Gasteiger partial charge in [0.05, 0.1) is 0 Å². The molecule has 1 aliphatic carbocycles. The minimum Gasteiger partial charge on any atom is -0.358 e. The summed E-state index contributed by atoms with van der Waals surface area (Å²) in [6.45, 7) is 0.668. The molecule has 0 aliphatic heterocycles. The first-order valence-corrected chi connectivity index (χ1v) is 6.76. The first kappa shape index (κ1) is 14.2. The van der Waals surface area contributed by atoms with Crippen LogP contribution in [-0.4, -0.2) is 26.9 Å². The van der Waals surface area contributed by atoms with Crippen LogP contribution in [0.2, 0.25) is 0 Å². The maximum absolute atomic E-state index is 11.7. The summed E-state index contributed by atoms with van der Waals surface area (Å²) in [6.07, 6.45) is 10.5. The highest BCUT2D eigenvalue weighted by molar-refractivity contribution is 5.75. The predicted molar refractivity (Wildman–Crippen MR) is 73.1 cm³/mol. The van der Waals surface area contributed by atoms with Gasteiger partial charge < -0.3 is 20.0 Å². The molecule has 20 heavy (non-hydrogen) atoms. The molecule has 0 unspecified atom stereocenters. The fourth-order valence-electron chi connectivity index (χ4n) is 2.24. The van der Waals surface area contributed by atoms with Crippen molar-refractivity contribution < 1.29 is 9.72 Å². The SMILES string of the molecule is O=C(Cn1cnc([N+](=O)[O-])c1)NCCC1=CCCCC1. The number of nitrogens with zero attached hydrogens (tertiary/aromatic N) is 3. The molecule has 0 spiro atoms. The number of carbonyl (C=O) groups excluding carboxylic acids is 1. The van der Waals surface area contributed by atoms with Crippen LogP contribution in [0.5, 0.6) is 0 Å². The molecular weight excluding hydrogens is 260 g/mol. The Morgan fingerprint density at radius 3 is 3.00 bits per heavy atom. The van der Waals surface area contributed by atoms with Crippen LogP contribution in [0.25, 0.3) is 0 Å². The summed E-state index contributed by atoms with van der Waals surface area (Å²) in [7, 11) is 0. The lowest BCUT2D eigenvalue weighted by atomic mass is 9.97. The second-order valence-corrected chi connectivity index (χ2v) is 4.87. The third kappa shape index (κ3) is 4.18. The third-order valence-corrected chi connectivity index (χ3v) is 3.29. The molecule has 108 valence electrons. The summed E-state index contributed by atoms with van der Waals surface area (Å²) >= 11 is 0. The molecule has 2 rings (SSSR count). The number of allylic oxidation sites excluding steroid dienone is 1. The van der Waals surface area contributed by atoms with E-state index in [2.05, 4.69) is 16.4 Å². The number of nitrogens with one attached hydrogen (secondary N) is 1. The normalized spacial score (nSPS) is 14.7. The topological polar surface area (TPSA) is 90.1 Å². The highest BCUT2D eigenvalue weighted by Gasteiger charge is 2.12. The van der Waals surface area contributed by atoms with Crippen molar-refractivity contribution >= 4 is 11.7 Å². The highest BCUT2D eigenvalue weighted by atomic mass is 16.6. The van der Waals surface area contributed by atoms with E-state index >= 15 is 0 Å². The van der Waals surface area contributed by atoms with Gasteiger partial charge in [0.2, 0.25) is 12.2 Å². The van der Waals surface area contributed by atoms with Gasteiger partial charge in [0.15, 0.2) is 0 Å². The van der Waals surface area contributed by atoms with Gasteiger partial charge in [-0.15, -0.1) is 0 Å². The van der Waals surface area contributed by atoms with Crippen molar-refractivity contribution in [1.82, 2.24) is 14.9 Å². The fraction of sp³-hybridized carbons (Fsp3) is 0.538. The summed E-state index contributed by atoms with van der Waals surface area (Å²) in [5.74, 6) is -0.404. The van der Waals surface area contributed by atoms with Crippen LogP contribution in [0, 0.1) is 10.1 Å². The molecule has 0 fully saturated rings. The van der Waals surface area contributed by atoms with E-state index in [1.807, 2.05) is 0 Å². The Balaban J connectivity index is 1.71. The molecule has 7 nitrogen and oxygen atoms in total. The number of aromatic nitrogens is 2. The minimum atomic E-state index is -0.579. The van der Waals surface area contributed by atoms with Gasteiger partial charge in [-0.3, -0.25) is 4.79 Å². The molecular formula is C13H18N4O3. The zero-order valence-electron chi connectivity index (χ0n) is 11.2. The number of hydrogen-bond acceptors (Lipinski definition) is 4. The van der Waals surface area contributed by atoms with Crippen molar-refractivity contribution in [3.63, 3.8) is 0 Å². The van der Waals surface area contributed by atoms with Crippen molar-refractivity contribution in [2.75, 3.05) is 6.54 Å². The largest absolute Gasteiger partial charge is 0.381 e. The maximum Gasteiger partial charge on any atom is 0.381 e. The number of rotatable bonds is 6. The number of imidazole rings is 1. The standard InChI is InChI=1S/C13H18N4O3/c18-13(9-16-8-12(15-10-16)17(19)20)14-7-6-11-4-2-1-3-5-11/h4,8,10H,1-3,5-7,9H2,(H,14,18). The molecule has 0 saturated carbocycles. The molecule has 0 saturated heterocycles. The summed E-state index contributed by atoms with van der Waals surface area (Å²) in [6, 6.07) is 0. The number of nitro groups is 1.